The Kier molecular flexibility index (Phi) is 4.90. The largest absolute Gasteiger partial charge is 0.379 e. The van der Waals surface area contributed by atoms with Gasteiger partial charge in [-0.15, -0.1) is 5.10 Å². The third-order valence-electron chi connectivity index (χ3n) is 2.89. The summed E-state index contributed by atoms with van der Waals surface area (Å²) < 4.78 is 7.23. The van der Waals surface area contributed by atoms with E-state index in [1.807, 2.05) is 10.9 Å². The first kappa shape index (κ1) is 12.5. The average molecular weight is 239 g/mol. The van der Waals surface area contributed by atoms with Crippen molar-refractivity contribution in [1.82, 2.24) is 25.2 Å². The molecule has 1 aliphatic heterocycles. The number of hydrogen-bond donors (Lipinski definition) is 1. The van der Waals surface area contributed by atoms with Crippen LogP contribution < -0.4 is 5.32 Å². The highest BCUT2D eigenvalue weighted by Crippen LogP contribution is 1.98. The zero-order valence-corrected chi connectivity index (χ0v) is 10.4. The van der Waals surface area contributed by atoms with E-state index in [1.165, 1.54) is 0 Å². The monoisotopic (exact) mass is 239 g/mol. The molecule has 1 aromatic rings. The van der Waals surface area contributed by atoms with Crippen LogP contribution >= 0.6 is 0 Å². The lowest BCUT2D eigenvalue weighted by Crippen LogP contribution is -2.38. The second-order valence-electron chi connectivity index (χ2n) is 4.21. The summed E-state index contributed by atoms with van der Waals surface area (Å²) in [5, 5.41) is 11.5. The van der Waals surface area contributed by atoms with E-state index >= 15 is 0 Å². The lowest BCUT2D eigenvalue weighted by atomic mass is 10.4. The molecule has 1 saturated heterocycles. The molecule has 2 heterocycles. The normalized spacial score (nSPS) is 17.5. The van der Waals surface area contributed by atoms with Crippen molar-refractivity contribution in [3.05, 3.63) is 11.9 Å². The van der Waals surface area contributed by atoms with Crippen LogP contribution in [0.15, 0.2) is 6.20 Å². The lowest BCUT2D eigenvalue weighted by molar-refractivity contribution is 0.0359. The molecule has 0 saturated carbocycles. The summed E-state index contributed by atoms with van der Waals surface area (Å²) in [6.45, 7) is 9.52. The molecule has 1 aromatic heterocycles. The molecule has 96 valence electrons. The standard InChI is InChI=1S/C11H21N5O/c1-2-12-9-11-10-16(14-13-11)4-3-15-5-7-17-8-6-15/h10,12H,2-9H2,1H3. The second-order valence-corrected chi connectivity index (χ2v) is 4.21. The molecule has 0 unspecified atom stereocenters. The molecule has 0 amide bonds. The van der Waals surface area contributed by atoms with E-state index < -0.39 is 0 Å². The number of ether oxygens (including phenoxy) is 1. The van der Waals surface area contributed by atoms with Crippen molar-refractivity contribution in [3.8, 4) is 0 Å². The van der Waals surface area contributed by atoms with Gasteiger partial charge >= 0.3 is 0 Å². The topological polar surface area (TPSA) is 55.2 Å². The van der Waals surface area contributed by atoms with Crippen LogP contribution in [0.2, 0.25) is 0 Å². The maximum atomic E-state index is 5.32. The first-order valence-electron chi connectivity index (χ1n) is 6.28. The molecular formula is C11H21N5O. The predicted molar refractivity (Wildman–Crippen MR) is 64.7 cm³/mol. The lowest BCUT2D eigenvalue weighted by Gasteiger charge is -2.26. The molecule has 1 aliphatic rings. The van der Waals surface area contributed by atoms with Gasteiger partial charge in [-0.3, -0.25) is 9.58 Å². The van der Waals surface area contributed by atoms with E-state index in [0.29, 0.717) is 0 Å². The molecule has 17 heavy (non-hydrogen) atoms. The summed E-state index contributed by atoms with van der Waals surface area (Å²) in [5.74, 6) is 0. The maximum absolute atomic E-state index is 5.32. The fourth-order valence-electron chi connectivity index (χ4n) is 1.85. The Morgan fingerprint density at radius 3 is 2.94 bits per heavy atom. The molecule has 0 atom stereocenters. The number of rotatable bonds is 6. The Hall–Kier alpha value is -0.980. The molecule has 0 radical (unpaired) electrons. The maximum Gasteiger partial charge on any atom is 0.0964 e. The van der Waals surface area contributed by atoms with Crippen molar-refractivity contribution < 1.29 is 4.74 Å². The number of morpholine rings is 1. The molecule has 1 fully saturated rings. The fourth-order valence-corrected chi connectivity index (χ4v) is 1.85. The van der Waals surface area contributed by atoms with Crippen molar-refractivity contribution in [2.75, 3.05) is 39.4 Å². The van der Waals surface area contributed by atoms with E-state index in [0.717, 1.165) is 58.2 Å². The van der Waals surface area contributed by atoms with Gasteiger partial charge in [0.05, 0.1) is 25.5 Å². The smallest absolute Gasteiger partial charge is 0.0964 e. The van der Waals surface area contributed by atoms with Crippen LogP contribution in [0.1, 0.15) is 12.6 Å². The van der Waals surface area contributed by atoms with Crippen LogP contribution in [0.3, 0.4) is 0 Å². The molecule has 6 heteroatoms. The van der Waals surface area contributed by atoms with Gasteiger partial charge in [-0.1, -0.05) is 12.1 Å². The molecule has 6 nitrogen and oxygen atoms in total. The number of aromatic nitrogens is 3. The first-order chi connectivity index (χ1) is 8.38. The van der Waals surface area contributed by atoms with Crippen LogP contribution in [0, 0.1) is 0 Å². The molecule has 0 aromatic carbocycles. The Bertz CT molecular complexity index is 321. The van der Waals surface area contributed by atoms with Gasteiger partial charge in [0.1, 0.15) is 0 Å². The van der Waals surface area contributed by atoms with E-state index in [-0.39, 0.29) is 0 Å². The second kappa shape index (κ2) is 6.68. The van der Waals surface area contributed by atoms with Crippen molar-refractivity contribution in [3.63, 3.8) is 0 Å². The minimum Gasteiger partial charge on any atom is -0.379 e. The van der Waals surface area contributed by atoms with E-state index in [2.05, 4.69) is 27.5 Å². The quantitative estimate of drug-likeness (QED) is 0.740. The van der Waals surface area contributed by atoms with Gasteiger partial charge in [0.15, 0.2) is 0 Å². The predicted octanol–water partition coefficient (Wildman–Crippen LogP) is -0.280. The zero-order chi connectivity index (χ0) is 11.9. The van der Waals surface area contributed by atoms with Crippen LogP contribution in [-0.2, 0) is 17.8 Å². The van der Waals surface area contributed by atoms with Crippen LogP contribution in [0.4, 0.5) is 0 Å². The highest BCUT2D eigenvalue weighted by atomic mass is 16.5. The third-order valence-corrected chi connectivity index (χ3v) is 2.89. The van der Waals surface area contributed by atoms with Gasteiger partial charge in [-0.2, -0.15) is 0 Å². The van der Waals surface area contributed by atoms with Crippen LogP contribution in [0.5, 0.6) is 0 Å². The number of hydrogen-bond acceptors (Lipinski definition) is 5. The number of nitrogens with zero attached hydrogens (tertiary/aromatic N) is 4. The Morgan fingerprint density at radius 1 is 1.35 bits per heavy atom. The summed E-state index contributed by atoms with van der Waals surface area (Å²) >= 11 is 0. The summed E-state index contributed by atoms with van der Waals surface area (Å²) in [7, 11) is 0. The third kappa shape index (κ3) is 4.07. The van der Waals surface area contributed by atoms with Gasteiger partial charge in [0.2, 0.25) is 0 Å². The SMILES string of the molecule is CCNCc1cn(CCN2CCOCC2)nn1. The number of nitrogens with one attached hydrogen (secondary N) is 1. The van der Waals surface area contributed by atoms with Crippen molar-refractivity contribution in [2.24, 2.45) is 0 Å². The van der Waals surface area contributed by atoms with E-state index in [9.17, 15) is 0 Å². The molecule has 0 bridgehead atoms. The minimum absolute atomic E-state index is 0.800. The van der Waals surface area contributed by atoms with E-state index in [4.69, 9.17) is 4.74 Å². The highest BCUT2D eigenvalue weighted by molar-refractivity contribution is 4.91. The van der Waals surface area contributed by atoms with Crippen LogP contribution in [0.25, 0.3) is 0 Å². The minimum atomic E-state index is 0.800. The molecular weight excluding hydrogens is 218 g/mol. The van der Waals surface area contributed by atoms with Crippen molar-refractivity contribution in [2.45, 2.75) is 20.0 Å². The zero-order valence-electron chi connectivity index (χ0n) is 10.4. The average Bonchev–Trinajstić information content (AvgIpc) is 2.83. The fraction of sp³-hybridized carbons (Fsp3) is 0.818. The highest BCUT2D eigenvalue weighted by Gasteiger charge is 2.10. The summed E-state index contributed by atoms with van der Waals surface area (Å²) in [5.41, 5.74) is 1.01. The van der Waals surface area contributed by atoms with E-state index in [1.54, 1.807) is 0 Å². The first-order valence-corrected chi connectivity index (χ1v) is 6.28. The molecule has 1 N–H and O–H groups in total. The van der Waals surface area contributed by atoms with Gasteiger partial charge < -0.3 is 10.1 Å². The van der Waals surface area contributed by atoms with Gasteiger partial charge in [-0.25, -0.2) is 0 Å². The molecule has 0 aliphatic carbocycles. The van der Waals surface area contributed by atoms with Gasteiger partial charge in [0.25, 0.3) is 0 Å². The van der Waals surface area contributed by atoms with Gasteiger partial charge in [0, 0.05) is 32.4 Å². The molecule has 2 rings (SSSR count). The van der Waals surface area contributed by atoms with Gasteiger partial charge in [-0.05, 0) is 6.54 Å². The van der Waals surface area contributed by atoms with Crippen molar-refractivity contribution in [1.29, 1.82) is 0 Å². The summed E-state index contributed by atoms with van der Waals surface area (Å²) in [4.78, 5) is 2.40. The summed E-state index contributed by atoms with van der Waals surface area (Å²) in [6.07, 6.45) is 2.02. The Morgan fingerprint density at radius 2 is 2.18 bits per heavy atom. The molecule has 0 spiro atoms. The Labute approximate surface area is 102 Å². The van der Waals surface area contributed by atoms with Crippen LogP contribution in [-0.4, -0.2) is 59.3 Å². The van der Waals surface area contributed by atoms with Crippen molar-refractivity contribution >= 4 is 0 Å². The Balaban J connectivity index is 1.72. The summed E-state index contributed by atoms with van der Waals surface area (Å²) in [6, 6.07) is 0.